The van der Waals surface area contributed by atoms with Gasteiger partial charge in [0.15, 0.2) is 0 Å². The zero-order valence-corrected chi connectivity index (χ0v) is 17.4. The van der Waals surface area contributed by atoms with Crippen molar-refractivity contribution in [2.24, 2.45) is 0 Å². The third kappa shape index (κ3) is 5.16. The minimum atomic E-state index is -0.148. The van der Waals surface area contributed by atoms with Crippen molar-refractivity contribution in [1.82, 2.24) is 4.90 Å². The molecule has 2 aromatic rings. The van der Waals surface area contributed by atoms with Gasteiger partial charge in [-0.3, -0.25) is 9.59 Å². The number of anilines is 1. The third-order valence-corrected chi connectivity index (χ3v) is 6.45. The molecule has 148 valence electrons. The molecule has 0 spiro atoms. The largest absolute Gasteiger partial charge is 0.342 e. The van der Waals surface area contributed by atoms with Crippen molar-refractivity contribution in [1.29, 1.82) is 0 Å². The number of hydrogen-bond donors (Lipinski definition) is 1. The predicted octanol–water partition coefficient (Wildman–Crippen LogP) is 5.13. The second kappa shape index (κ2) is 9.78. The molecule has 0 aromatic heterocycles. The number of carbonyl (C=O) groups excluding carboxylic acids is 2. The zero-order chi connectivity index (χ0) is 19.9. The van der Waals surface area contributed by atoms with Crippen LogP contribution in [0.5, 0.6) is 0 Å². The Morgan fingerprint density at radius 2 is 1.71 bits per heavy atom. The van der Waals surface area contributed by atoms with Gasteiger partial charge in [0.05, 0.1) is 11.3 Å². The molecule has 0 atom stereocenters. The van der Waals surface area contributed by atoms with Crippen LogP contribution in [0.4, 0.5) is 5.69 Å². The summed E-state index contributed by atoms with van der Waals surface area (Å²) in [6.07, 6.45) is 5.88. The fraction of sp³-hybridized carbons (Fsp3) is 0.391. The first-order valence-electron chi connectivity index (χ1n) is 9.90. The molecule has 1 aliphatic carbocycles. The Hall–Kier alpha value is -2.27. The van der Waals surface area contributed by atoms with E-state index in [1.807, 2.05) is 67.4 Å². The number of amides is 2. The lowest BCUT2D eigenvalue weighted by Gasteiger charge is -2.31. The molecule has 0 saturated heterocycles. The topological polar surface area (TPSA) is 49.4 Å². The SMILES string of the molecule is Cc1ccccc1NC(=O)c1ccccc1SCC(=O)N(C)C1CCCCC1. The molecule has 0 aliphatic heterocycles. The van der Waals surface area contributed by atoms with E-state index in [1.54, 1.807) is 0 Å². The van der Waals surface area contributed by atoms with Crippen molar-refractivity contribution in [2.75, 3.05) is 18.1 Å². The second-order valence-electron chi connectivity index (χ2n) is 7.35. The lowest BCUT2D eigenvalue weighted by molar-refractivity contribution is -0.129. The molecule has 3 rings (SSSR count). The highest BCUT2D eigenvalue weighted by Crippen LogP contribution is 2.26. The Labute approximate surface area is 171 Å². The number of aryl methyl sites for hydroxylation is 1. The Morgan fingerprint density at radius 1 is 1.04 bits per heavy atom. The van der Waals surface area contributed by atoms with Gasteiger partial charge in [-0.25, -0.2) is 0 Å². The Bertz CT molecular complexity index is 831. The van der Waals surface area contributed by atoms with E-state index in [9.17, 15) is 9.59 Å². The molecular weight excluding hydrogens is 368 g/mol. The van der Waals surface area contributed by atoms with E-state index in [-0.39, 0.29) is 11.8 Å². The van der Waals surface area contributed by atoms with Crippen LogP contribution in [-0.2, 0) is 4.79 Å². The number of carbonyl (C=O) groups is 2. The maximum atomic E-state index is 12.8. The molecule has 4 nitrogen and oxygen atoms in total. The van der Waals surface area contributed by atoms with Crippen molar-refractivity contribution in [3.8, 4) is 0 Å². The van der Waals surface area contributed by atoms with Gasteiger partial charge < -0.3 is 10.2 Å². The van der Waals surface area contributed by atoms with E-state index in [4.69, 9.17) is 0 Å². The molecule has 5 heteroatoms. The summed E-state index contributed by atoms with van der Waals surface area (Å²) in [4.78, 5) is 28.2. The van der Waals surface area contributed by atoms with E-state index in [0.717, 1.165) is 29.0 Å². The quantitative estimate of drug-likeness (QED) is 0.689. The lowest BCUT2D eigenvalue weighted by atomic mass is 9.94. The summed E-state index contributed by atoms with van der Waals surface area (Å²) in [6, 6.07) is 15.6. The molecule has 1 aliphatic rings. The molecule has 2 amide bonds. The average Bonchev–Trinajstić information content (AvgIpc) is 2.74. The summed E-state index contributed by atoms with van der Waals surface area (Å²) in [6.45, 7) is 1.97. The number of hydrogen-bond acceptors (Lipinski definition) is 3. The standard InChI is InChI=1S/C23H28N2O2S/c1-17-10-6-8-14-20(17)24-23(27)19-13-7-9-15-21(19)28-16-22(26)25(2)18-11-4-3-5-12-18/h6-10,13-15,18H,3-5,11-12,16H2,1-2H3,(H,24,27). The van der Waals surface area contributed by atoms with Crippen LogP contribution in [-0.4, -0.2) is 35.6 Å². The summed E-state index contributed by atoms with van der Waals surface area (Å²) >= 11 is 1.44. The predicted molar refractivity (Wildman–Crippen MR) is 116 cm³/mol. The number of rotatable bonds is 6. The highest BCUT2D eigenvalue weighted by molar-refractivity contribution is 8.00. The molecule has 28 heavy (non-hydrogen) atoms. The molecule has 1 saturated carbocycles. The minimum absolute atomic E-state index is 0.131. The summed E-state index contributed by atoms with van der Waals surface area (Å²) in [7, 11) is 1.91. The number of nitrogens with one attached hydrogen (secondary N) is 1. The molecule has 0 unspecified atom stereocenters. The molecule has 1 fully saturated rings. The highest BCUT2D eigenvalue weighted by atomic mass is 32.2. The van der Waals surface area contributed by atoms with Crippen LogP contribution >= 0.6 is 11.8 Å². The number of benzene rings is 2. The fourth-order valence-electron chi connectivity index (χ4n) is 3.60. The first-order chi connectivity index (χ1) is 13.6. The van der Waals surface area contributed by atoms with E-state index in [1.165, 1.54) is 31.0 Å². The number of thioether (sulfide) groups is 1. The van der Waals surface area contributed by atoms with Crippen LogP contribution < -0.4 is 5.32 Å². The van der Waals surface area contributed by atoms with E-state index in [2.05, 4.69) is 5.32 Å². The minimum Gasteiger partial charge on any atom is -0.342 e. The highest BCUT2D eigenvalue weighted by Gasteiger charge is 2.22. The molecule has 0 heterocycles. The van der Waals surface area contributed by atoms with Crippen molar-refractivity contribution < 1.29 is 9.59 Å². The third-order valence-electron chi connectivity index (χ3n) is 5.39. The second-order valence-corrected chi connectivity index (χ2v) is 8.37. The van der Waals surface area contributed by atoms with Crippen molar-refractivity contribution >= 4 is 29.3 Å². The number of para-hydroxylation sites is 1. The van der Waals surface area contributed by atoms with Crippen LogP contribution in [0.1, 0.15) is 48.0 Å². The van der Waals surface area contributed by atoms with Crippen molar-refractivity contribution in [3.63, 3.8) is 0 Å². The van der Waals surface area contributed by atoms with Crippen LogP contribution in [0.2, 0.25) is 0 Å². The van der Waals surface area contributed by atoms with Gasteiger partial charge in [0.1, 0.15) is 0 Å². The van der Waals surface area contributed by atoms with Gasteiger partial charge in [-0.2, -0.15) is 0 Å². The van der Waals surface area contributed by atoms with E-state index < -0.39 is 0 Å². The molecule has 1 N–H and O–H groups in total. The summed E-state index contributed by atoms with van der Waals surface area (Å²) < 4.78 is 0. The monoisotopic (exact) mass is 396 g/mol. The van der Waals surface area contributed by atoms with E-state index >= 15 is 0 Å². The Kier molecular flexibility index (Phi) is 7.15. The summed E-state index contributed by atoms with van der Waals surface area (Å²) in [5.74, 6) is 0.332. The molecular formula is C23H28N2O2S. The Morgan fingerprint density at radius 3 is 2.46 bits per heavy atom. The Balaban J connectivity index is 1.64. The fourth-order valence-corrected chi connectivity index (χ4v) is 4.57. The molecule has 0 radical (unpaired) electrons. The van der Waals surface area contributed by atoms with Crippen LogP contribution in [0.3, 0.4) is 0 Å². The number of nitrogens with zero attached hydrogens (tertiary/aromatic N) is 1. The lowest BCUT2D eigenvalue weighted by Crippen LogP contribution is -2.39. The maximum Gasteiger partial charge on any atom is 0.256 e. The van der Waals surface area contributed by atoms with Crippen LogP contribution in [0.25, 0.3) is 0 Å². The first-order valence-corrected chi connectivity index (χ1v) is 10.9. The van der Waals surface area contributed by atoms with Gasteiger partial charge in [0, 0.05) is 23.7 Å². The van der Waals surface area contributed by atoms with Gasteiger partial charge in [0.25, 0.3) is 5.91 Å². The van der Waals surface area contributed by atoms with E-state index in [0.29, 0.717) is 17.4 Å². The van der Waals surface area contributed by atoms with Gasteiger partial charge >= 0.3 is 0 Å². The van der Waals surface area contributed by atoms with Gasteiger partial charge in [-0.1, -0.05) is 49.6 Å². The smallest absolute Gasteiger partial charge is 0.256 e. The summed E-state index contributed by atoms with van der Waals surface area (Å²) in [5, 5.41) is 2.98. The molecule has 0 bridgehead atoms. The van der Waals surface area contributed by atoms with Crippen LogP contribution in [0, 0.1) is 6.92 Å². The maximum absolute atomic E-state index is 12.8. The molecule has 2 aromatic carbocycles. The first kappa shape index (κ1) is 20.5. The normalized spacial score (nSPS) is 14.5. The van der Waals surface area contributed by atoms with Crippen LogP contribution in [0.15, 0.2) is 53.4 Å². The van der Waals surface area contributed by atoms with Gasteiger partial charge in [0.2, 0.25) is 5.91 Å². The average molecular weight is 397 g/mol. The van der Waals surface area contributed by atoms with Gasteiger partial charge in [-0.15, -0.1) is 11.8 Å². The van der Waals surface area contributed by atoms with Crippen molar-refractivity contribution in [3.05, 3.63) is 59.7 Å². The zero-order valence-electron chi connectivity index (χ0n) is 16.6. The summed E-state index contributed by atoms with van der Waals surface area (Å²) in [5.41, 5.74) is 2.43. The van der Waals surface area contributed by atoms with Crippen molar-refractivity contribution in [2.45, 2.75) is 50.0 Å². The van der Waals surface area contributed by atoms with Gasteiger partial charge in [-0.05, 0) is 43.5 Å².